The summed E-state index contributed by atoms with van der Waals surface area (Å²) in [7, 11) is 0. The maximum absolute atomic E-state index is 12.4. The van der Waals surface area contributed by atoms with Gasteiger partial charge in [0, 0.05) is 24.3 Å². The summed E-state index contributed by atoms with van der Waals surface area (Å²) >= 11 is 0. The zero-order valence-electron chi connectivity index (χ0n) is 12.8. The number of carbonyl (C=O) groups excluding carboxylic acids is 2. The predicted octanol–water partition coefficient (Wildman–Crippen LogP) is 1.95. The smallest absolute Gasteiger partial charge is 0.321 e. The van der Waals surface area contributed by atoms with Crippen LogP contribution in [-0.2, 0) is 0 Å². The van der Waals surface area contributed by atoms with E-state index in [9.17, 15) is 9.59 Å². The molecule has 0 bridgehead atoms. The SMILES string of the molecule is O=C(Nn1cnc2ccccc21)c1ccc(N2CCNC2=O)cc1. The number of fused-ring (bicyclic) bond motifs is 1. The molecule has 7 nitrogen and oxygen atoms in total. The van der Waals surface area contributed by atoms with E-state index in [1.165, 1.54) is 0 Å². The van der Waals surface area contributed by atoms with Crippen LogP contribution in [0.25, 0.3) is 11.0 Å². The molecule has 2 heterocycles. The highest BCUT2D eigenvalue weighted by Crippen LogP contribution is 2.17. The van der Waals surface area contributed by atoms with E-state index in [1.807, 2.05) is 24.3 Å². The standard InChI is InChI=1S/C17H15N5O2/c23-16(20-22-11-19-14-3-1-2-4-15(14)22)12-5-7-13(8-6-12)21-10-9-18-17(21)24/h1-8,11H,9-10H2,(H,18,24)(H,20,23). The molecule has 1 aromatic heterocycles. The van der Waals surface area contributed by atoms with Crippen molar-refractivity contribution in [2.45, 2.75) is 0 Å². The van der Waals surface area contributed by atoms with Crippen molar-refractivity contribution in [2.75, 3.05) is 23.4 Å². The van der Waals surface area contributed by atoms with Gasteiger partial charge in [-0.3, -0.25) is 15.1 Å². The van der Waals surface area contributed by atoms with Gasteiger partial charge in [-0.15, -0.1) is 0 Å². The van der Waals surface area contributed by atoms with Gasteiger partial charge in [0.05, 0.1) is 11.0 Å². The van der Waals surface area contributed by atoms with E-state index in [1.54, 1.807) is 40.2 Å². The van der Waals surface area contributed by atoms with Gasteiger partial charge < -0.3 is 5.32 Å². The molecule has 0 saturated carbocycles. The monoisotopic (exact) mass is 321 g/mol. The summed E-state index contributed by atoms with van der Waals surface area (Å²) < 4.78 is 1.60. The lowest BCUT2D eigenvalue weighted by Crippen LogP contribution is -2.27. The second-order valence-electron chi connectivity index (χ2n) is 5.47. The highest BCUT2D eigenvalue weighted by Gasteiger charge is 2.21. The Morgan fingerprint density at radius 3 is 2.67 bits per heavy atom. The number of nitrogens with zero attached hydrogens (tertiary/aromatic N) is 3. The number of para-hydroxylation sites is 2. The maximum atomic E-state index is 12.4. The second-order valence-corrected chi connectivity index (χ2v) is 5.47. The summed E-state index contributed by atoms with van der Waals surface area (Å²) in [4.78, 5) is 29.9. The number of urea groups is 1. The number of benzene rings is 2. The summed E-state index contributed by atoms with van der Waals surface area (Å²) in [5, 5.41) is 2.75. The fraction of sp³-hybridized carbons (Fsp3) is 0.118. The van der Waals surface area contributed by atoms with Crippen LogP contribution >= 0.6 is 0 Å². The lowest BCUT2D eigenvalue weighted by molar-refractivity contribution is 0.101. The number of hydrogen-bond acceptors (Lipinski definition) is 3. The highest BCUT2D eigenvalue weighted by atomic mass is 16.2. The molecule has 0 spiro atoms. The number of carbonyl (C=O) groups is 2. The van der Waals surface area contributed by atoms with Crippen molar-refractivity contribution in [3.63, 3.8) is 0 Å². The zero-order valence-corrected chi connectivity index (χ0v) is 12.8. The first-order valence-electron chi connectivity index (χ1n) is 7.61. The summed E-state index contributed by atoms with van der Waals surface area (Å²) in [6.07, 6.45) is 1.57. The predicted molar refractivity (Wildman–Crippen MR) is 90.6 cm³/mol. The van der Waals surface area contributed by atoms with Gasteiger partial charge in [0.1, 0.15) is 6.33 Å². The molecule has 1 saturated heterocycles. The van der Waals surface area contributed by atoms with E-state index in [0.29, 0.717) is 18.7 Å². The minimum Gasteiger partial charge on any atom is -0.336 e. The zero-order chi connectivity index (χ0) is 16.5. The molecule has 0 radical (unpaired) electrons. The summed E-state index contributed by atoms with van der Waals surface area (Å²) in [5.41, 5.74) is 5.73. The van der Waals surface area contributed by atoms with Crippen molar-refractivity contribution in [1.29, 1.82) is 0 Å². The van der Waals surface area contributed by atoms with Gasteiger partial charge in [-0.25, -0.2) is 14.5 Å². The largest absolute Gasteiger partial charge is 0.336 e. The number of aromatic nitrogens is 2. The van der Waals surface area contributed by atoms with Gasteiger partial charge in [-0.05, 0) is 36.4 Å². The van der Waals surface area contributed by atoms with Crippen molar-refractivity contribution >= 4 is 28.7 Å². The van der Waals surface area contributed by atoms with Crippen LogP contribution in [0.2, 0.25) is 0 Å². The third kappa shape index (κ3) is 2.45. The molecule has 2 N–H and O–H groups in total. The van der Waals surface area contributed by atoms with Gasteiger partial charge in [-0.2, -0.15) is 0 Å². The molecule has 7 heteroatoms. The molecular formula is C17H15N5O2. The molecule has 1 aliphatic rings. The number of amides is 3. The maximum Gasteiger partial charge on any atom is 0.321 e. The van der Waals surface area contributed by atoms with E-state index >= 15 is 0 Å². The Kier molecular flexibility index (Phi) is 3.38. The number of imidazole rings is 1. The highest BCUT2D eigenvalue weighted by molar-refractivity contribution is 6.01. The fourth-order valence-corrected chi connectivity index (χ4v) is 2.73. The molecule has 0 unspecified atom stereocenters. The molecule has 0 aliphatic carbocycles. The molecular weight excluding hydrogens is 306 g/mol. The van der Waals surface area contributed by atoms with Crippen molar-refractivity contribution in [2.24, 2.45) is 0 Å². The Hall–Kier alpha value is -3.35. The average molecular weight is 321 g/mol. The number of anilines is 1. The van der Waals surface area contributed by atoms with Crippen molar-refractivity contribution in [3.05, 3.63) is 60.4 Å². The Morgan fingerprint density at radius 1 is 1.12 bits per heavy atom. The quantitative estimate of drug-likeness (QED) is 0.774. The van der Waals surface area contributed by atoms with Crippen LogP contribution in [0.3, 0.4) is 0 Å². The molecule has 3 amide bonds. The molecule has 0 atom stereocenters. The van der Waals surface area contributed by atoms with Crippen molar-refractivity contribution in [1.82, 2.24) is 15.0 Å². The third-order valence-electron chi connectivity index (χ3n) is 3.97. The van der Waals surface area contributed by atoms with Crippen molar-refractivity contribution in [3.8, 4) is 0 Å². The topological polar surface area (TPSA) is 79.3 Å². The van der Waals surface area contributed by atoms with E-state index in [0.717, 1.165) is 16.7 Å². The van der Waals surface area contributed by atoms with E-state index in [4.69, 9.17) is 0 Å². The molecule has 1 aliphatic heterocycles. The van der Waals surface area contributed by atoms with Crippen LogP contribution in [0, 0.1) is 0 Å². The first-order valence-corrected chi connectivity index (χ1v) is 7.61. The Bertz CT molecular complexity index is 916. The molecule has 3 aromatic rings. The van der Waals surface area contributed by atoms with Gasteiger partial charge in [0.25, 0.3) is 5.91 Å². The average Bonchev–Trinajstić information content (AvgIpc) is 3.22. The summed E-state index contributed by atoms with van der Waals surface area (Å²) in [5.74, 6) is -0.240. The first kappa shape index (κ1) is 14.3. The Balaban J connectivity index is 1.53. The van der Waals surface area contributed by atoms with E-state index in [2.05, 4.69) is 15.7 Å². The van der Waals surface area contributed by atoms with Crippen LogP contribution in [0.1, 0.15) is 10.4 Å². The first-order chi connectivity index (χ1) is 11.7. The summed E-state index contributed by atoms with van der Waals surface area (Å²) in [6.45, 7) is 1.26. The summed E-state index contributed by atoms with van der Waals surface area (Å²) in [6, 6.07) is 14.4. The fourth-order valence-electron chi connectivity index (χ4n) is 2.73. The van der Waals surface area contributed by atoms with Gasteiger partial charge in [0.2, 0.25) is 0 Å². The second kappa shape index (κ2) is 5.69. The Labute approximate surface area is 137 Å². The third-order valence-corrected chi connectivity index (χ3v) is 3.97. The van der Waals surface area contributed by atoms with E-state index < -0.39 is 0 Å². The van der Waals surface area contributed by atoms with Gasteiger partial charge in [0.15, 0.2) is 0 Å². The lowest BCUT2D eigenvalue weighted by atomic mass is 10.2. The van der Waals surface area contributed by atoms with Crippen LogP contribution in [0.5, 0.6) is 0 Å². The van der Waals surface area contributed by atoms with Crippen LogP contribution < -0.4 is 15.6 Å². The minimum absolute atomic E-state index is 0.114. The number of rotatable bonds is 3. The normalized spacial score (nSPS) is 14.0. The molecule has 120 valence electrons. The lowest BCUT2D eigenvalue weighted by Gasteiger charge is -2.14. The van der Waals surface area contributed by atoms with Crippen LogP contribution in [0.4, 0.5) is 10.5 Å². The Morgan fingerprint density at radius 2 is 1.92 bits per heavy atom. The minimum atomic E-state index is -0.240. The van der Waals surface area contributed by atoms with Crippen LogP contribution in [0.15, 0.2) is 54.9 Å². The number of nitrogens with one attached hydrogen (secondary N) is 2. The molecule has 4 rings (SSSR count). The molecule has 1 fully saturated rings. The van der Waals surface area contributed by atoms with Crippen LogP contribution in [-0.4, -0.2) is 34.7 Å². The van der Waals surface area contributed by atoms with Gasteiger partial charge >= 0.3 is 6.03 Å². The van der Waals surface area contributed by atoms with E-state index in [-0.39, 0.29) is 11.9 Å². The van der Waals surface area contributed by atoms with Crippen molar-refractivity contribution < 1.29 is 9.59 Å². The molecule has 2 aromatic carbocycles. The van der Waals surface area contributed by atoms with Gasteiger partial charge in [-0.1, -0.05) is 12.1 Å². The number of hydrogen-bond donors (Lipinski definition) is 2. The molecule has 24 heavy (non-hydrogen) atoms.